The van der Waals surface area contributed by atoms with Crippen molar-refractivity contribution in [2.24, 2.45) is 0 Å². The Morgan fingerprint density at radius 2 is 2.08 bits per heavy atom. The van der Waals surface area contributed by atoms with Gasteiger partial charge in [0, 0.05) is 19.5 Å². The fourth-order valence-electron chi connectivity index (χ4n) is 4.10. The molecule has 0 saturated heterocycles. The summed E-state index contributed by atoms with van der Waals surface area (Å²) in [7, 11) is 0. The zero-order valence-corrected chi connectivity index (χ0v) is 14.7. The smallest absolute Gasteiger partial charge is 0.303 e. The molecule has 4 rings (SSSR count). The molecule has 1 aliphatic heterocycles. The molecular formula is C20H23N3O3. The third-order valence-corrected chi connectivity index (χ3v) is 5.40. The molecule has 1 aliphatic carbocycles. The number of rotatable bonds is 4. The molecule has 0 unspecified atom stereocenters. The maximum atomic E-state index is 13.2. The van der Waals surface area contributed by atoms with Crippen LogP contribution < -0.4 is 0 Å². The number of amides is 1. The van der Waals surface area contributed by atoms with E-state index in [4.69, 9.17) is 5.11 Å². The average molecular weight is 353 g/mol. The number of aliphatic carboxylic acids is 1. The van der Waals surface area contributed by atoms with Gasteiger partial charge in [-0.2, -0.15) is 5.10 Å². The number of fused-ring (bicyclic) bond motifs is 2. The normalized spacial score (nSPS) is 18.9. The Kier molecular flexibility index (Phi) is 4.49. The van der Waals surface area contributed by atoms with Gasteiger partial charge in [0.25, 0.3) is 0 Å². The lowest BCUT2D eigenvalue weighted by Crippen LogP contribution is -2.34. The van der Waals surface area contributed by atoms with Gasteiger partial charge in [-0.3, -0.25) is 14.3 Å². The van der Waals surface area contributed by atoms with Gasteiger partial charge in [0.1, 0.15) is 0 Å². The van der Waals surface area contributed by atoms with Gasteiger partial charge < -0.3 is 10.0 Å². The first-order valence-electron chi connectivity index (χ1n) is 9.26. The summed E-state index contributed by atoms with van der Waals surface area (Å²) in [5.41, 5.74) is 4.27. The lowest BCUT2D eigenvalue weighted by atomic mass is 9.99. The zero-order valence-electron chi connectivity index (χ0n) is 14.7. The summed E-state index contributed by atoms with van der Waals surface area (Å²) < 4.78 is 1.94. The second-order valence-electron chi connectivity index (χ2n) is 7.15. The summed E-state index contributed by atoms with van der Waals surface area (Å²) in [5, 5.41) is 13.4. The number of carbonyl (C=O) groups is 2. The number of benzene rings is 1. The first-order valence-corrected chi connectivity index (χ1v) is 9.26. The lowest BCUT2D eigenvalue weighted by Gasteiger charge is -2.24. The number of hydrogen-bond donors (Lipinski definition) is 1. The fraction of sp³-hybridized carbons (Fsp3) is 0.450. The van der Waals surface area contributed by atoms with Gasteiger partial charge in [-0.15, -0.1) is 0 Å². The molecule has 2 aromatic rings. The van der Waals surface area contributed by atoms with E-state index in [9.17, 15) is 9.59 Å². The predicted molar refractivity (Wildman–Crippen MR) is 95.7 cm³/mol. The highest BCUT2D eigenvalue weighted by Gasteiger charge is 2.32. The molecule has 1 atom stereocenters. The van der Waals surface area contributed by atoms with Crippen molar-refractivity contribution in [3.05, 3.63) is 52.8 Å². The van der Waals surface area contributed by atoms with Crippen LogP contribution in [0.4, 0.5) is 0 Å². The van der Waals surface area contributed by atoms with Crippen molar-refractivity contribution in [3.63, 3.8) is 0 Å². The monoisotopic (exact) mass is 353 g/mol. The van der Waals surface area contributed by atoms with E-state index >= 15 is 0 Å². The fourth-order valence-corrected chi connectivity index (χ4v) is 4.10. The molecule has 0 bridgehead atoms. The van der Waals surface area contributed by atoms with Crippen LogP contribution in [0.3, 0.4) is 0 Å². The number of carbonyl (C=O) groups excluding carboxylic acids is 1. The maximum Gasteiger partial charge on any atom is 0.303 e. The minimum absolute atomic E-state index is 0.0350. The van der Waals surface area contributed by atoms with E-state index in [-0.39, 0.29) is 18.2 Å². The quantitative estimate of drug-likeness (QED) is 0.916. The van der Waals surface area contributed by atoms with Crippen LogP contribution in [0.5, 0.6) is 0 Å². The molecule has 0 fully saturated rings. The SMILES string of the molecule is O=C(O)CCc1cc2n(n1)CCCN(C(=O)[C@@H]1CCc3ccccc31)C2. The number of nitrogens with zero attached hydrogens (tertiary/aromatic N) is 3. The molecule has 0 radical (unpaired) electrons. The van der Waals surface area contributed by atoms with Gasteiger partial charge in [-0.1, -0.05) is 24.3 Å². The van der Waals surface area contributed by atoms with Crippen molar-refractivity contribution in [2.45, 2.75) is 51.1 Å². The summed E-state index contributed by atoms with van der Waals surface area (Å²) in [6, 6.07) is 10.2. The maximum absolute atomic E-state index is 13.2. The van der Waals surface area contributed by atoms with Gasteiger partial charge in [0.2, 0.25) is 5.91 Å². The molecule has 2 aliphatic rings. The second kappa shape index (κ2) is 6.94. The summed E-state index contributed by atoms with van der Waals surface area (Å²) in [5.74, 6) is -0.645. The summed E-state index contributed by atoms with van der Waals surface area (Å²) in [6.45, 7) is 2.07. The highest BCUT2D eigenvalue weighted by molar-refractivity contribution is 5.85. The van der Waals surface area contributed by atoms with Crippen LogP contribution in [-0.2, 0) is 35.5 Å². The van der Waals surface area contributed by atoms with Gasteiger partial charge in [0.15, 0.2) is 0 Å². The Balaban J connectivity index is 1.50. The Morgan fingerprint density at radius 3 is 2.92 bits per heavy atom. The van der Waals surface area contributed by atoms with E-state index in [1.54, 1.807) is 0 Å². The van der Waals surface area contributed by atoms with Gasteiger partial charge in [-0.05, 0) is 36.5 Å². The van der Waals surface area contributed by atoms with E-state index in [0.29, 0.717) is 13.0 Å². The average Bonchev–Trinajstić information content (AvgIpc) is 3.17. The van der Waals surface area contributed by atoms with E-state index < -0.39 is 5.97 Å². The van der Waals surface area contributed by atoms with Crippen molar-refractivity contribution in [3.8, 4) is 0 Å². The summed E-state index contributed by atoms with van der Waals surface area (Å²) in [4.78, 5) is 25.9. The third-order valence-electron chi connectivity index (χ3n) is 5.40. The van der Waals surface area contributed by atoms with Crippen LogP contribution in [0.15, 0.2) is 30.3 Å². The first-order chi connectivity index (χ1) is 12.6. The molecule has 0 saturated carbocycles. The Morgan fingerprint density at radius 1 is 1.23 bits per heavy atom. The van der Waals surface area contributed by atoms with E-state index in [1.807, 2.05) is 27.8 Å². The van der Waals surface area contributed by atoms with Crippen LogP contribution in [0.25, 0.3) is 0 Å². The number of aryl methyl sites for hydroxylation is 3. The second-order valence-corrected chi connectivity index (χ2v) is 7.15. The van der Waals surface area contributed by atoms with Crippen molar-refractivity contribution >= 4 is 11.9 Å². The van der Waals surface area contributed by atoms with Crippen molar-refractivity contribution in [2.75, 3.05) is 6.54 Å². The predicted octanol–water partition coefficient (Wildman–Crippen LogP) is 2.36. The standard InChI is InChI=1S/C20H23N3O3/c24-19(25)9-7-15-12-16-13-22(10-3-11-23(16)21-15)20(26)18-8-6-14-4-1-2-5-17(14)18/h1-2,4-5,12,18H,3,6-11,13H2,(H,24,25)/t18-/m1/s1. The summed E-state index contributed by atoms with van der Waals surface area (Å²) >= 11 is 0. The Bertz CT molecular complexity index is 843. The highest BCUT2D eigenvalue weighted by atomic mass is 16.4. The third kappa shape index (κ3) is 3.23. The topological polar surface area (TPSA) is 75.4 Å². The number of hydrogen-bond acceptors (Lipinski definition) is 3. The van der Waals surface area contributed by atoms with Crippen molar-refractivity contribution in [1.82, 2.24) is 14.7 Å². The summed E-state index contributed by atoms with van der Waals surface area (Å²) in [6.07, 6.45) is 3.24. The molecule has 1 N–H and O–H groups in total. The molecule has 26 heavy (non-hydrogen) atoms. The lowest BCUT2D eigenvalue weighted by molar-refractivity contribution is -0.137. The van der Waals surface area contributed by atoms with Crippen LogP contribution >= 0.6 is 0 Å². The molecule has 6 heteroatoms. The first kappa shape index (κ1) is 16.8. The van der Waals surface area contributed by atoms with Crippen LogP contribution in [0, 0.1) is 0 Å². The van der Waals surface area contributed by atoms with Crippen molar-refractivity contribution in [1.29, 1.82) is 0 Å². The van der Waals surface area contributed by atoms with Gasteiger partial charge in [0.05, 0.1) is 30.3 Å². The number of carboxylic acids is 1. The minimum atomic E-state index is -0.815. The zero-order chi connectivity index (χ0) is 18.1. The molecule has 6 nitrogen and oxygen atoms in total. The number of aromatic nitrogens is 2. The molecular weight excluding hydrogens is 330 g/mol. The van der Waals surface area contributed by atoms with E-state index in [2.05, 4.69) is 17.2 Å². The van der Waals surface area contributed by atoms with Crippen LogP contribution in [-0.4, -0.2) is 38.2 Å². The Labute approximate surface area is 152 Å². The molecule has 1 aromatic heterocycles. The Hall–Kier alpha value is -2.63. The largest absolute Gasteiger partial charge is 0.481 e. The number of carboxylic acid groups (broad SMARTS) is 1. The van der Waals surface area contributed by atoms with Gasteiger partial charge >= 0.3 is 5.97 Å². The molecule has 136 valence electrons. The van der Waals surface area contributed by atoms with Crippen LogP contribution in [0.2, 0.25) is 0 Å². The van der Waals surface area contributed by atoms with Crippen LogP contribution in [0.1, 0.15) is 47.7 Å². The highest BCUT2D eigenvalue weighted by Crippen LogP contribution is 2.34. The molecule has 2 heterocycles. The van der Waals surface area contributed by atoms with Gasteiger partial charge in [-0.25, -0.2) is 0 Å². The molecule has 1 aromatic carbocycles. The van der Waals surface area contributed by atoms with E-state index in [1.165, 1.54) is 11.1 Å². The van der Waals surface area contributed by atoms with Crippen molar-refractivity contribution < 1.29 is 14.7 Å². The minimum Gasteiger partial charge on any atom is -0.481 e. The molecule has 0 spiro atoms. The molecule has 1 amide bonds. The van der Waals surface area contributed by atoms with E-state index in [0.717, 1.165) is 43.7 Å².